The monoisotopic (exact) mass is 247 g/mol. The van der Waals surface area contributed by atoms with Crippen LogP contribution in [0.3, 0.4) is 0 Å². The van der Waals surface area contributed by atoms with Gasteiger partial charge in [0.2, 0.25) is 0 Å². The van der Waals surface area contributed by atoms with E-state index in [0.717, 1.165) is 16.3 Å². The van der Waals surface area contributed by atoms with Gasteiger partial charge in [-0.15, -0.1) is 0 Å². The van der Waals surface area contributed by atoms with E-state index < -0.39 is 0 Å². The molecule has 1 heterocycles. The lowest BCUT2D eigenvalue weighted by atomic mass is 10.2. The molecule has 0 saturated heterocycles. The first-order valence-corrected chi connectivity index (χ1v) is 5.72. The summed E-state index contributed by atoms with van der Waals surface area (Å²) in [4.78, 5) is 0. The third-order valence-electron chi connectivity index (χ3n) is 2.45. The second kappa shape index (κ2) is 5.06. The number of nitrogens with zero attached hydrogens (tertiary/aromatic N) is 2. The van der Waals surface area contributed by atoms with E-state index in [1.807, 2.05) is 31.3 Å². The summed E-state index contributed by atoms with van der Waals surface area (Å²) >= 11 is 6.10. The quantitative estimate of drug-likeness (QED) is 0.895. The molecule has 3 nitrogen and oxygen atoms in total. The van der Waals surface area contributed by atoms with Crippen molar-refractivity contribution in [1.29, 1.82) is 0 Å². The third kappa shape index (κ3) is 2.88. The van der Waals surface area contributed by atoms with Crippen LogP contribution >= 0.6 is 11.6 Å². The summed E-state index contributed by atoms with van der Waals surface area (Å²) in [5, 5.41) is 8.13. The van der Waals surface area contributed by atoms with Crippen LogP contribution in [0.25, 0.3) is 6.20 Å². The van der Waals surface area contributed by atoms with E-state index in [2.05, 4.69) is 17.0 Å². The summed E-state index contributed by atoms with van der Waals surface area (Å²) in [5.74, 6) is 0. The first-order valence-electron chi connectivity index (χ1n) is 5.34. The molecule has 2 aromatic rings. The molecule has 0 aliphatic heterocycles. The molecule has 1 aromatic carbocycles. The predicted octanol–water partition coefficient (Wildman–Crippen LogP) is 3.56. The second-order valence-electron chi connectivity index (χ2n) is 3.85. The molecule has 0 fully saturated rings. The molecule has 0 atom stereocenters. The molecule has 4 heteroatoms. The highest BCUT2D eigenvalue weighted by atomic mass is 35.5. The van der Waals surface area contributed by atoms with Gasteiger partial charge in [0.25, 0.3) is 0 Å². The van der Waals surface area contributed by atoms with Gasteiger partial charge in [-0.2, -0.15) is 5.10 Å². The van der Waals surface area contributed by atoms with Crippen LogP contribution in [0.15, 0.2) is 37.2 Å². The molecule has 17 heavy (non-hydrogen) atoms. The summed E-state index contributed by atoms with van der Waals surface area (Å²) in [7, 11) is 0. The van der Waals surface area contributed by atoms with Gasteiger partial charge in [-0.1, -0.05) is 24.2 Å². The Morgan fingerprint density at radius 3 is 3.06 bits per heavy atom. The molecule has 0 aliphatic rings. The molecule has 0 radical (unpaired) electrons. The van der Waals surface area contributed by atoms with Crippen LogP contribution in [0.4, 0.5) is 5.69 Å². The van der Waals surface area contributed by atoms with Crippen molar-refractivity contribution < 1.29 is 0 Å². The van der Waals surface area contributed by atoms with Crippen LogP contribution in [-0.4, -0.2) is 9.78 Å². The Labute approximate surface area is 106 Å². The van der Waals surface area contributed by atoms with Crippen LogP contribution in [0.1, 0.15) is 11.1 Å². The summed E-state index contributed by atoms with van der Waals surface area (Å²) in [5.41, 5.74) is 3.21. The van der Waals surface area contributed by atoms with Crippen molar-refractivity contribution in [2.45, 2.75) is 13.5 Å². The highest BCUT2D eigenvalue weighted by molar-refractivity contribution is 6.33. The molecule has 1 N–H and O–H groups in total. The van der Waals surface area contributed by atoms with Gasteiger partial charge in [-0.05, 0) is 24.6 Å². The SMILES string of the molecule is C=Cn1cc(CNc2cc(C)ccc2Cl)cn1. The summed E-state index contributed by atoms with van der Waals surface area (Å²) in [6, 6.07) is 5.91. The fourth-order valence-corrected chi connectivity index (χ4v) is 1.72. The second-order valence-corrected chi connectivity index (χ2v) is 4.26. The normalized spacial score (nSPS) is 10.2. The van der Waals surface area contributed by atoms with Crippen molar-refractivity contribution >= 4 is 23.5 Å². The van der Waals surface area contributed by atoms with Gasteiger partial charge in [-0.25, -0.2) is 4.68 Å². The molecule has 88 valence electrons. The van der Waals surface area contributed by atoms with Crippen molar-refractivity contribution in [3.8, 4) is 0 Å². The minimum Gasteiger partial charge on any atom is -0.380 e. The van der Waals surface area contributed by atoms with Crippen molar-refractivity contribution in [1.82, 2.24) is 9.78 Å². The largest absolute Gasteiger partial charge is 0.380 e. The van der Waals surface area contributed by atoms with Crippen molar-refractivity contribution in [2.75, 3.05) is 5.32 Å². The minimum absolute atomic E-state index is 0.691. The zero-order chi connectivity index (χ0) is 12.3. The third-order valence-corrected chi connectivity index (χ3v) is 2.78. The molecule has 0 aliphatic carbocycles. The molecule has 0 bridgehead atoms. The van der Waals surface area contributed by atoms with Crippen molar-refractivity contribution in [3.05, 3.63) is 53.3 Å². The Bertz CT molecular complexity index is 531. The summed E-state index contributed by atoms with van der Waals surface area (Å²) in [6.45, 7) is 6.38. The fourth-order valence-electron chi connectivity index (χ4n) is 1.54. The summed E-state index contributed by atoms with van der Waals surface area (Å²) < 4.78 is 1.68. The van der Waals surface area contributed by atoms with E-state index >= 15 is 0 Å². The maximum atomic E-state index is 6.10. The lowest BCUT2D eigenvalue weighted by Crippen LogP contribution is -1.99. The lowest BCUT2D eigenvalue weighted by molar-refractivity contribution is 0.936. The number of halogens is 1. The number of aromatic nitrogens is 2. The predicted molar refractivity (Wildman–Crippen MR) is 72.1 cm³/mol. The molecule has 0 unspecified atom stereocenters. The number of hydrogen-bond donors (Lipinski definition) is 1. The number of rotatable bonds is 4. The zero-order valence-corrected chi connectivity index (χ0v) is 10.4. The molecular formula is C13H14ClN3. The van der Waals surface area contributed by atoms with Crippen molar-refractivity contribution in [2.24, 2.45) is 0 Å². The first kappa shape index (κ1) is 11.7. The lowest BCUT2D eigenvalue weighted by Gasteiger charge is -2.07. The Balaban J connectivity index is 2.06. The van der Waals surface area contributed by atoms with E-state index in [0.29, 0.717) is 6.54 Å². The Morgan fingerprint density at radius 1 is 1.53 bits per heavy atom. The number of hydrogen-bond acceptors (Lipinski definition) is 2. The highest BCUT2D eigenvalue weighted by Gasteiger charge is 2.01. The Morgan fingerprint density at radius 2 is 2.35 bits per heavy atom. The maximum Gasteiger partial charge on any atom is 0.0637 e. The van der Waals surface area contributed by atoms with Gasteiger partial charge in [-0.3, -0.25) is 0 Å². The van der Waals surface area contributed by atoms with Crippen LogP contribution in [0, 0.1) is 6.92 Å². The van der Waals surface area contributed by atoms with Crippen LogP contribution in [-0.2, 0) is 6.54 Å². The van der Waals surface area contributed by atoms with Gasteiger partial charge in [0, 0.05) is 24.5 Å². The Hall–Kier alpha value is -1.74. The number of benzene rings is 1. The Kier molecular flexibility index (Phi) is 3.49. The zero-order valence-electron chi connectivity index (χ0n) is 9.65. The fraction of sp³-hybridized carbons (Fsp3) is 0.154. The first-order chi connectivity index (χ1) is 8.19. The van der Waals surface area contributed by atoms with Gasteiger partial charge < -0.3 is 5.32 Å². The van der Waals surface area contributed by atoms with Crippen LogP contribution < -0.4 is 5.32 Å². The number of nitrogens with one attached hydrogen (secondary N) is 1. The molecule has 0 spiro atoms. The van der Waals surface area contributed by atoms with Gasteiger partial charge in [0.15, 0.2) is 0 Å². The molecule has 0 amide bonds. The van der Waals surface area contributed by atoms with Crippen LogP contribution in [0.5, 0.6) is 0 Å². The van der Waals surface area contributed by atoms with Gasteiger partial charge in [0.05, 0.1) is 16.9 Å². The van der Waals surface area contributed by atoms with Crippen molar-refractivity contribution in [3.63, 3.8) is 0 Å². The minimum atomic E-state index is 0.691. The highest BCUT2D eigenvalue weighted by Crippen LogP contribution is 2.23. The standard InChI is InChI=1S/C13H14ClN3/c1-3-17-9-11(8-16-17)7-15-13-6-10(2)4-5-12(13)14/h3-6,8-9,15H,1,7H2,2H3. The summed E-state index contributed by atoms with van der Waals surface area (Å²) in [6.07, 6.45) is 5.38. The number of anilines is 1. The van der Waals surface area contributed by atoms with Gasteiger partial charge >= 0.3 is 0 Å². The molecule has 2 rings (SSSR count). The van der Waals surface area contributed by atoms with E-state index in [1.165, 1.54) is 5.56 Å². The van der Waals surface area contributed by atoms with Gasteiger partial charge in [0.1, 0.15) is 0 Å². The van der Waals surface area contributed by atoms with Crippen LogP contribution in [0.2, 0.25) is 5.02 Å². The smallest absolute Gasteiger partial charge is 0.0637 e. The molecule has 0 saturated carbocycles. The van der Waals surface area contributed by atoms with E-state index in [9.17, 15) is 0 Å². The molecule has 1 aromatic heterocycles. The molecular weight excluding hydrogens is 234 g/mol. The maximum absolute atomic E-state index is 6.10. The van der Waals surface area contributed by atoms with E-state index in [1.54, 1.807) is 17.1 Å². The topological polar surface area (TPSA) is 29.9 Å². The average molecular weight is 248 g/mol. The average Bonchev–Trinajstić information content (AvgIpc) is 2.78. The number of aryl methyl sites for hydroxylation is 1. The van der Waals surface area contributed by atoms with E-state index in [4.69, 9.17) is 11.6 Å². The van der Waals surface area contributed by atoms with E-state index in [-0.39, 0.29) is 0 Å².